The number of carbonyl (C=O) groups excluding carboxylic acids is 1. The molecule has 25 heavy (non-hydrogen) atoms. The van der Waals surface area contributed by atoms with Gasteiger partial charge in [-0.05, 0) is 42.5 Å². The molecular formula is C17H18N4O3S. The third-order valence-corrected chi connectivity index (χ3v) is 6.04. The lowest BCUT2D eigenvalue weighted by Gasteiger charge is -2.16. The van der Waals surface area contributed by atoms with Gasteiger partial charge < -0.3 is 5.32 Å². The molecule has 0 unspecified atom stereocenters. The lowest BCUT2D eigenvalue weighted by Crippen LogP contribution is -2.29. The van der Waals surface area contributed by atoms with E-state index in [-0.39, 0.29) is 11.7 Å². The molecule has 1 aliphatic heterocycles. The maximum Gasteiger partial charge on any atom is 0.240 e. The molecule has 0 atom stereocenters. The van der Waals surface area contributed by atoms with Crippen molar-refractivity contribution in [3.05, 3.63) is 36.2 Å². The van der Waals surface area contributed by atoms with Crippen LogP contribution < -0.4 is 9.62 Å². The van der Waals surface area contributed by atoms with Gasteiger partial charge in [0.1, 0.15) is 11.6 Å². The highest BCUT2D eigenvalue weighted by atomic mass is 32.2. The first-order valence-corrected chi connectivity index (χ1v) is 9.77. The van der Waals surface area contributed by atoms with Crippen LogP contribution in [0, 0.1) is 5.92 Å². The molecule has 0 saturated heterocycles. The first-order valence-electron chi connectivity index (χ1n) is 8.16. The molecule has 8 heteroatoms. The Kier molecular flexibility index (Phi) is 3.72. The molecule has 2 aromatic heterocycles. The molecule has 7 nitrogen and oxygen atoms in total. The lowest BCUT2D eigenvalue weighted by molar-refractivity contribution is -0.114. The second kappa shape index (κ2) is 5.80. The van der Waals surface area contributed by atoms with Crippen molar-refractivity contribution in [2.24, 2.45) is 5.92 Å². The molecule has 1 N–H and O–H groups in total. The van der Waals surface area contributed by atoms with Crippen LogP contribution in [0.15, 0.2) is 30.6 Å². The van der Waals surface area contributed by atoms with Gasteiger partial charge in [-0.3, -0.25) is 9.10 Å². The molecule has 0 radical (unpaired) electrons. The zero-order chi connectivity index (χ0) is 17.6. The number of pyridine rings is 2. The van der Waals surface area contributed by atoms with E-state index in [1.165, 1.54) is 11.2 Å². The normalized spacial score (nSPS) is 18.0. The number of fused-ring (bicyclic) bond motifs is 1. The Balaban J connectivity index is 1.67. The molecule has 0 spiro atoms. The van der Waals surface area contributed by atoms with Gasteiger partial charge in [-0.2, -0.15) is 0 Å². The average Bonchev–Trinajstić information content (AvgIpc) is 3.32. The van der Waals surface area contributed by atoms with Gasteiger partial charge in [0.25, 0.3) is 0 Å². The van der Waals surface area contributed by atoms with E-state index in [0.717, 1.165) is 29.5 Å². The van der Waals surface area contributed by atoms with Crippen molar-refractivity contribution in [2.45, 2.75) is 25.5 Å². The number of aromatic nitrogens is 2. The van der Waals surface area contributed by atoms with Gasteiger partial charge >= 0.3 is 0 Å². The fourth-order valence-electron chi connectivity index (χ4n) is 2.99. The Morgan fingerprint density at radius 1 is 1.28 bits per heavy atom. The summed E-state index contributed by atoms with van der Waals surface area (Å²) in [5.74, 6) is 1.25. The van der Waals surface area contributed by atoms with Crippen molar-refractivity contribution < 1.29 is 13.2 Å². The first-order chi connectivity index (χ1) is 11.9. The van der Waals surface area contributed by atoms with Gasteiger partial charge in [0.2, 0.25) is 15.9 Å². The summed E-state index contributed by atoms with van der Waals surface area (Å²) in [6, 6.07) is 5.41. The summed E-state index contributed by atoms with van der Waals surface area (Å²) in [7, 11) is -3.32. The zero-order valence-corrected chi connectivity index (χ0v) is 14.6. The van der Waals surface area contributed by atoms with Crippen LogP contribution in [0.5, 0.6) is 0 Å². The Labute approximate surface area is 146 Å². The second-order valence-corrected chi connectivity index (χ2v) is 8.44. The SMILES string of the molecule is CC(=O)Nc1cc(-c2cnc3c(c2)CS(=O)(=O)N3CC2CC2)ccn1. The highest BCUT2D eigenvalue weighted by Crippen LogP contribution is 2.38. The largest absolute Gasteiger partial charge is 0.311 e. The lowest BCUT2D eigenvalue weighted by atomic mass is 10.1. The number of sulfonamides is 1. The highest BCUT2D eigenvalue weighted by Gasteiger charge is 2.38. The summed E-state index contributed by atoms with van der Waals surface area (Å²) in [5, 5.41) is 2.64. The van der Waals surface area contributed by atoms with Gasteiger partial charge in [-0.25, -0.2) is 18.4 Å². The number of hydrogen-bond acceptors (Lipinski definition) is 5. The van der Waals surface area contributed by atoms with Crippen LogP contribution >= 0.6 is 0 Å². The maximum atomic E-state index is 12.4. The molecular weight excluding hydrogens is 340 g/mol. The van der Waals surface area contributed by atoms with Crippen LogP contribution in [0.3, 0.4) is 0 Å². The van der Waals surface area contributed by atoms with Crippen LogP contribution in [0.2, 0.25) is 0 Å². The molecule has 1 aliphatic carbocycles. The predicted octanol–water partition coefficient (Wildman–Crippen LogP) is 2.16. The van der Waals surface area contributed by atoms with E-state index in [9.17, 15) is 13.2 Å². The van der Waals surface area contributed by atoms with Crippen molar-refractivity contribution in [3.63, 3.8) is 0 Å². The fourth-order valence-corrected chi connectivity index (χ4v) is 4.62. The van der Waals surface area contributed by atoms with Gasteiger partial charge in [0.15, 0.2) is 0 Å². The highest BCUT2D eigenvalue weighted by molar-refractivity contribution is 7.92. The van der Waals surface area contributed by atoms with Gasteiger partial charge in [-0.1, -0.05) is 0 Å². The Morgan fingerprint density at radius 3 is 2.80 bits per heavy atom. The molecule has 2 aliphatic rings. The molecule has 1 saturated carbocycles. The fraction of sp³-hybridized carbons (Fsp3) is 0.353. The van der Waals surface area contributed by atoms with Crippen molar-refractivity contribution in [1.82, 2.24) is 9.97 Å². The average molecular weight is 358 g/mol. The number of hydrogen-bond donors (Lipinski definition) is 1. The number of nitrogens with zero attached hydrogens (tertiary/aromatic N) is 3. The van der Waals surface area contributed by atoms with Gasteiger partial charge in [-0.15, -0.1) is 0 Å². The summed E-state index contributed by atoms with van der Waals surface area (Å²) < 4.78 is 26.3. The number of amides is 1. The summed E-state index contributed by atoms with van der Waals surface area (Å²) in [6.07, 6.45) is 5.45. The van der Waals surface area contributed by atoms with E-state index < -0.39 is 10.0 Å². The van der Waals surface area contributed by atoms with Crippen molar-refractivity contribution in [3.8, 4) is 11.1 Å². The summed E-state index contributed by atoms with van der Waals surface area (Å²) in [4.78, 5) is 19.7. The number of rotatable bonds is 4. The zero-order valence-electron chi connectivity index (χ0n) is 13.8. The minimum atomic E-state index is -3.32. The minimum Gasteiger partial charge on any atom is -0.311 e. The summed E-state index contributed by atoms with van der Waals surface area (Å²) >= 11 is 0. The van der Waals surface area contributed by atoms with E-state index in [1.807, 2.05) is 6.07 Å². The second-order valence-electron chi connectivity index (χ2n) is 6.55. The topological polar surface area (TPSA) is 92.3 Å². The van der Waals surface area contributed by atoms with Crippen LogP contribution in [0.1, 0.15) is 25.3 Å². The van der Waals surface area contributed by atoms with Gasteiger partial charge in [0.05, 0.1) is 5.75 Å². The Bertz CT molecular complexity index is 954. The maximum absolute atomic E-state index is 12.4. The van der Waals surface area contributed by atoms with Crippen LogP contribution in [-0.2, 0) is 20.6 Å². The number of nitrogens with one attached hydrogen (secondary N) is 1. The molecule has 1 amide bonds. The molecule has 4 rings (SSSR count). The number of anilines is 2. The first kappa shape index (κ1) is 16.0. The monoisotopic (exact) mass is 358 g/mol. The molecule has 2 aromatic rings. The van der Waals surface area contributed by atoms with E-state index >= 15 is 0 Å². The third-order valence-electron chi connectivity index (χ3n) is 4.37. The Hall–Kier alpha value is -2.48. The van der Waals surface area contributed by atoms with Crippen molar-refractivity contribution >= 4 is 27.6 Å². The standard InChI is InChI=1S/C17H18N4O3S/c1-11(22)20-16-7-13(4-5-18-16)14-6-15-10-25(23,24)21(9-12-2-3-12)17(15)19-8-14/h4-8,12H,2-3,9-10H2,1H3,(H,18,20,22). The minimum absolute atomic E-state index is 0.0144. The van der Waals surface area contributed by atoms with Crippen LogP contribution in [0.25, 0.3) is 11.1 Å². The molecule has 3 heterocycles. The quantitative estimate of drug-likeness (QED) is 0.904. The smallest absolute Gasteiger partial charge is 0.240 e. The Morgan fingerprint density at radius 2 is 2.08 bits per heavy atom. The predicted molar refractivity (Wildman–Crippen MR) is 94.5 cm³/mol. The van der Waals surface area contributed by atoms with Crippen LogP contribution in [-0.4, -0.2) is 30.8 Å². The van der Waals surface area contributed by atoms with E-state index in [0.29, 0.717) is 24.1 Å². The number of carbonyl (C=O) groups is 1. The van der Waals surface area contributed by atoms with Crippen LogP contribution in [0.4, 0.5) is 11.6 Å². The van der Waals surface area contributed by atoms with Crippen molar-refractivity contribution in [2.75, 3.05) is 16.2 Å². The third kappa shape index (κ3) is 3.21. The van der Waals surface area contributed by atoms with E-state index in [4.69, 9.17) is 0 Å². The van der Waals surface area contributed by atoms with Crippen molar-refractivity contribution in [1.29, 1.82) is 0 Å². The summed E-state index contributed by atoms with van der Waals surface area (Å²) in [5.41, 5.74) is 2.35. The van der Waals surface area contributed by atoms with E-state index in [2.05, 4.69) is 15.3 Å². The van der Waals surface area contributed by atoms with E-state index in [1.54, 1.807) is 24.5 Å². The molecule has 0 bridgehead atoms. The molecule has 1 fully saturated rings. The molecule has 130 valence electrons. The van der Waals surface area contributed by atoms with Gasteiger partial charge in [0, 0.05) is 37.0 Å². The molecule has 0 aromatic carbocycles. The summed E-state index contributed by atoms with van der Waals surface area (Å²) in [6.45, 7) is 1.95.